The number of aldehydes is 1. The van der Waals surface area contributed by atoms with Crippen molar-refractivity contribution >= 4 is 30.3 Å². The van der Waals surface area contributed by atoms with Crippen LogP contribution in [0.25, 0.3) is 0 Å². The summed E-state index contributed by atoms with van der Waals surface area (Å²) in [6.07, 6.45) is 1.32. The van der Waals surface area contributed by atoms with Gasteiger partial charge in [-0.05, 0) is 28.0 Å². The number of aliphatic hydroxyl groups is 1. The molecule has 0 aliphatic rings. The van der Waals surface area contributed by atoms with Crippen molar-refractivity contribution in [3.8, 4) is 0 Å². The lowest BCUT2D eigenvalue weighted by atomic mass is 10.1. The third kappa shape index (κ3) is 4.62. The molecule has 24 heavy (non-hydrogen) atoms. The molecule has 0 radical (unpaired) electrons. The summed E-state index contributed by atoms with van der Waals surface area (Å²) >= 11 is 3.38. The summed E-state index contributed by atoms with van der Waals surface area (Å²) in [4.78, 5) is 11.2. The predicted octanol–water partition coefficient (Wildman–Crippen LogP) is 2.59. The molecular weight excluding hydrogens is 392 g/mol. The number of ether oxygens (including phenoxy) is 1. The van der Waals surface area contributed by atoms with E-state index in [1.54, 1.807) is 24.0 Å². The van der Waals surface area contributed by atoms with Gasteiger partial charge in [-0.1, -0.05) is 19.6 Å². The van der Waals surface area contributed by atoms with Crippen LogP contribution in [0.15, 0.2) is 16.9 Å². The number of rotatable bonds is 8. The number of aryl methyl sites for hydroxylation is 1. The maximum absolute atomic E-state index is 11.2. The van der Waals surface area contributed by atoms with Gasteiger partial charge in [-0.15, -0.1) is 0 Å². The van der Waals surface area contributed by atoms with Gasteiger partial charge in [-0.25, -0.2) is 4.68 Å². The van der Waals surface area contributed by atoms with Gasteiger partial charge >= 0.3 is 0 Å². The molecule has 0 aromatic carbocycles. The largest absolute Gasteiger partial charge is 0.382 e. The van der Waals surface area contributed by atoms with Crippen molar-refractivity contribution in [2.45, 2.75) is 38.5 Å². The van der Waals surface area contributed by atoms with Gasteiger partial charge < -0.3 is 9.84 Å². The Morgan fingerprint density at radius 2 is 2.17 bits per heavy atom. The second-order valence-corrected chi connectivity index (χ2v) is 13.2. The Morgan fingerprint density at radius 3 is 2.71 bits per heavy atom. The lowest BCUT2D eigenvalue weighted by molar-refractivity contribution is 0.0743. The van der Waals surface area contributed by atoms with Crippen molar-refractivity contribution in [1.82, 2.24) is 19.6 Å². The van der Waals surface area contributed by atoms with Crippen molar-refractivity contribution in [1.29, 1.82) is 0 Å². The quantitative estimate of drug-likeness (QED) is 0.407. The minimum atomic E-state index is -1.16. The van der Waals surface area contributed by atoms with E-state index in [0.29, 0.717) is 34.4 Å². The highest BCUT2D eigenvalue weighted by molar-refractivity contribution is 9.10. The van der Waals surface area contributed by atoms with Gasteiger partial charge in [0.1, 0.15) is 23.1 Å². The topological polar surface area (TPSA) is 82.2 Å². The highest BCUT2D eigenvalue weighted by atomic mass is 79.9. The highest BCUT2D eigenvalue weighted by Gasteiger charge is 2.21. The zero-order chi connectivity index (χ0) is 17.9. The molecule has 2 aromatic rings. The minimum absolute atomic E-state index is 0.194. The van der Waals surface area contributed by atoms with E-state index >= 15 is 0 Å². The molecule has 7 nitrogen and oxygen atoms in total. The summed E-state index contributed by atoms with van der Waals surface area (Å²) in [6, 6.07) is 2.61. The summed E-state index contributed by atoms with van der Waals surface area (Å²) in [6.45, 7) is 7.67. The second kappa shape index (κ2) is 7.73. The first-order valence-electron chi connectivity index (χ1n) is 7.69. The van der Waals surface area contributed by atoms with Crippen molar-refractivity contribution in [3.05, 3.63) is 33.8 Å². The minimum Gasteiger partial charge on any atom is -0.382 e. The fourth-order valence-electron chi connectivity index (χ4n) is 2.10. The number of carbonyl (C=O) groups excluding carboxylic acids is 1. The highest BCUT2D eigenvalue weighted by Crippen LogP contribution is 2.27. The van der Waals surface area contributed by atoms with Crippen LogP contribution in [0.1, 0.15) is 27.8 Å². The zero-order valence-corrected chi connectivity index (χ0v) is 16.9. The number of hydrogen-bond acceptors (Lipinski definition) is 5. The first-order chi connectivity index (χ1) is 11.2. The van der Waals surface area contributed by atoms with E-state index in [2.05, 4.69) is 45.8 Å². The SMILES string of the molecule is Cn1ncc(C(O)c2cc(C=O)n(COCC[Si](C)(C)C)n2)c1Br. The molecule has 0 spiro atoms. The fourth-order valence-corrected chi connectivity index (χ4v) is 3.26. The molecule has 1 N–H and O–H groups in total. The zero-order valence-electron chi connectivity index (χ0n) is 14.4. The Hall–Kier alpha value is -1.29. The molecule has 1 atom stereocenters. The smallest absolute Gasteiger partial charge is 0.168 e. The maximum atomic E-state index is 11.2. The molecule has 2 heterocycles. The van der Waals surface area contributed by atoms with Crippen LogP contribution in [0.5, 0.6) is 0 Å². The molecule has 0 saturated carbocycles. The van der Waals surface area contributed by atoms with E-state index in [1.165, 1.54) is 4.68 Å². The van der Waals surface area contributed by atoms with Crippen molar-refractivity contribution < 1.29 is 14.6 Å². The third-order valence-corrected chi connectivity index (χ3v) is 6.30. The van der Waals surface area contributed by atoms with Gasteiger partial charge in [-0.3, -0.25) is 9.48 Å². The summed E-state index contributed by atoms with van der Waals surface area (Å²) < 4.78 is 9.38. The average molecular weight is 415 g/mol. The third-order valence-electron chi connectivity index (χ3n) is 3.63. The van der Waals surface area contributed by atoms with Crippen LogP contribution in [0, 0.1) is 0 Å². The molecule has 2 aromatic heterocycles. The monoisotopic (exact) mass is 414 g/mol. The summed E-state index contributed by atoms with van der Waals surface area (Å²) in [5, 5.41) is 18.9. The molecule has 0 saturated heterocycles. The van der Waals surface area contributed by atoms with Crippen molar-refractivity contribution in [2.75, 3.05) is 6.61 Å². The van der Waals surface area contributed by atoms with Gasteiger partial charge in [0.05, 0.1) is 11.9 Å². The molecule has 9 heteroatoms. The molecule has 0 aliphatic heterocycles. The molecule has 2 rings (SSSR count). The molecule has 0 fully saturated rings. The van der Waals surface area contributed by atoms with Crippen LogP contribution in [0.3, 0.4) is 0 Å². The Morgan fingerprint density at radius 1 is 1.46 bits per heavy atom. The standard InChI is InChI=1S/C15H23BrN4O3Si/c1-19-15(16)12(8-17-19)14(22)13-7-11(9-21)20(18-13)10-23-5-6-24(2,3)4/h7-9,14,22H,5-6,10H2,1-4H3. The number of hydrogen-bond donors (Lipinski definition) is 1. The Labute approximate surface area is 150 Å². The number of carbonyl (C=O) groups is 1. The summed E-state index contributed by atoms with van der Waals surface area (Å²) in [5.41, 5.74) is 1.36. The first-order valence-corrected chi connectivity index (χ1v) is 12.2. The molecule has 0 bridgehead atoms. The van der Waals surface area contributed by atoms with Crippen LogP contribution in [-0.2, 0) is 18.5 Å². The normalized spacial score (nSPS) is 13.2. The molecule has 1 unspecified atom stereocenters. The Bertz CT molecular complexity index is 708. The average Bonchev–Trinajstić information content (AvgIpc) is 3.07. The fraction of sp³-hybridized carbons (Fsp3) is 0.533. The van der Waals surface area contributed by atoms with Crippen LogP contribution in [0.4, 0.5) is 0 Å². The number of aromatic nitrogens is 4. The lowest BCUT2D eigenvalue weighted by Crippen LogP contribution is -2.22. The van der Waals surface area contributed by atoms with Gasteiger partial charge in [-0.2, -0.15) is 10.2 Å². The predicted molar refractivity (Wildman–Crippen MR) is 96.7 cm³/mol. The number of aliphatic hydroxyl groups excluding tert-OH is 1. The van der Waals surface area contributed by atoms with Gasteiger partial charge in [0, 0.05) is 27.3 Å². The molecule has 132 valence electrons. The van der Waals surface area contributed by atoms with E-state index < -0.39 is 14.2 Å². The molecular formula is C15H23BrN4O3Si. The first kappa shape index (κ1) is 19.0. The second-order valence-electron chi connectivity index (χ2n) is 6.88. The van der Waals surface area contributed by atoms with E-state index in [1.807, 2.05) is 0 Å². The summed E-state index contributed by atoms with van der Waals surface area (Å²) in [5.74, 6) is 0. The molecule has 0 amide bonds. The maximum Gasteiger partial charge on any atom is 0.168 e. The van der Waals surface area contributed by atoms with Crippen molar-refractivity contribution in [2.24, 2.45) is 7.05 Å². The van der Waals surface area contributed by atoms with Crippen molar-refractivity contribution in [3.63, 3.8) is 0 Å². The summed E-state index contributed by atoms with van der Waals surface area (Å²) in [7, 11) is 0.609. The van der Waals surface area contributed by atoms with Crippen LogP contribution >= 0.6 is 15.9 Å². The Kier molecular flexibility index (Phi) is 6.13. The van der Waals surface area contributed by atoms with Gasteiger partial charge in [0.2, 0.25) is 0 Å². The van der Waals surface area contributed by atoms with E-state index in [0.717, 1.165) is 6.04 Å². The van der Waals surface area contributed by atoms with E-state index in [-0.39, 0.29) is 6.73 Å². The number of halogens is 1. The van der Waals surface area contributed by atoms with Crippen LogP contribution in [-0.4, -0.2) is 45.6 Å². The van der Waals surface area contributed by atoms with Gasteiger partial charge in [0.15, 0.2) is 6.29 Å². The Balaban J connectivity index is 2.09. The van der Waals surface area contributed by atoms with E-state index in [9.17, 15) is 9.90 Å². The van der Waals surface area contributed by atoms with E-state index in [4.69, 9.17) is 4.74 Å². The van der Waals surface area contributed by atoms with Crippen LogP contribution < -0.4 is 0 Å². The number of nitrogens with zero attached hydrogens (tertiary/aromatic N) is 4. The molecule has 0 aliphatic carbocycles. The lowest BCUT2D eigenvalue weighted by Gasteiger charge is -2.15. The van der Waals surface area contributed by atoms with Gasteiger partial charge in [0.25, 0.3) is 0 Å². The van der Waals surface area contributed by atoms with Crippen LogP contribution in [0.2, 0.25) is 25.7 Å².